The van der Waals surface area contributed by atoms with E-state index in [4.69, 9.17) is 0 Å². The molecule has 1 saturated heterocycles. The summed E-state index contributed by atoms with van der Waals surface area (Å²) in [6, 6.07) is 10.1. The Morgan fingerprint density at radius 1 is 1.42 bits per heavy atom. The number of amides is 1. The van der Waals surface area contributed by atoms with Crippen molar-refractivity contribution in [3.05, 3.63) is 30.3 Å². The van der Waals surface area contributed by atoms with E-state index < -0.39 is 0 Å². The lowest BCUT2D eigenvalue weighted by Gasteiger charge is -2.34. The second-order valence-electron chi connectivity index (χ2n) is 5.08. The quantitative estimate of drug-likeness (QED) is 0.860. The van der Waals surface area contributed by atoms with E-state index in [1.807, 2.05) is 25.1 Å². The molecule has 1 heterocycles. The number of piperidine rings is 1. The number of rotatable bonds is 4. The number of carbonyl (C=O) groups is 1. The molecule has 0 spiro atoms. The lowest BCUT2D eigenvalue weighted by molar-refractivity contribution is -0.134. The number of aliphatic hydroxyl groups is 1. The zero-order chi connectivity index (χ0) is 13.7. The van der Waals surface area contributed by atoms with Crippen LogP contribution in [0, 0.1) is 5.92 Å². The summed E-state index contributed by atoms with van der Waals surface area (Å²) in [6.07, 6.45) is 1.08. The van der Waals surface area contributed by atoms with Crippen molar-refractivity contribution in [3.63, 3.8) is 0 Å². The number of thioether (sulfide) groups is 1. The zero-order valence-corrected chi connectivity index (χ0v) is 12.1. The van der Waals surface area contributed by atoms with E-state index in [-0.39, 0.29) is 12.0 Å². The summed E-state index contributed by atoms with van der Waals surface area (Å²) in [4.78, 5) is 15.0. The number of carbonyl (C=O) groups excluding carboxylic acids is 1. The lowest BCUT2D eigenvalue weighted by Crippen LogP contribution is -2.45. The molecule has 0 radical (unpaired) electrons. The fourth-order valence-electron chi connectivity index (χ4n) is 2.21. The summed E-state index contributed by atoms with van der Waals surface area (Å²) < 4.78 is 0. The van der Waals surface area contributed by atoms with Gasteiger partial charge in [0.05, 0.1) is 6.10 Å². The van der Waals surface area contributed by atoms with Gasteiger partial charge < -0.3 is 10.0 Å². The highest BCUT2D eigenvalue weighted by Gasteiger charge is 2.26. The summed E-state index contributed by atoms with van der Waals surface area (Å²) in [6.45, 7) is 3.32. The number of hydrogen-bond acceptors (Lipinski definition) is 3. The van der Waals surface area contributed by atoms with Crippen LogP contribution in [-0.2, 0) is 4.79 Å². The van der Waals surface area contributed by atoms with Crippen LogP contribution in [-0.4, -0.2) is 40.9 Å². The van der Waals surface area contributed by atoms with Crippen molar-refractivity contribution < 1.29 is 9.90 Å². The van der Waals surface area contributed by atoms with Crippen LogP contribution < -0.4 is 0 Å². The second-order valence-corrected chi connectivity index (χ2v) is 6.25. The molecule has 19 heavy (non-hydrogen) atoms. The van der Waals surface area contributed by atoms with Crippen molar-refractivity contribution in [3.8, 4) is 0 Å². The van der Waals surface area contributed by atoms with E-state index in [9.17, 15) is 9.90 Å². The molecular formula is C15H21NO2S. The minimum atomic E-state index is -0.362. The molecular weight excluding hydrogens is 258 g/mol. The number of hydrogen-bond donors (Lipinski definition) is 1. The van der Waals surface area contributed by atoms with Gasteiger partial charge in [0.15, 0.2) is 0 Å². The highest BCUT2D eigenvalue weighted by Crippen LogP contribution is 2.20. The van der Waals surface area contributed by atoms with Gasteiger partial charge in [0.2, 0.25) is 5.91 Å². The molecule has 1 N–H and O–H groups in total. The molecule has 4 heteroatoms. The van der Waals surface area contributed by atoms with Gasteiger partial charge in [0.25, 0.3) is 0 Å². The van der Waals surface area contributed by atoms with Crippen LogP contribution in [0.4, 0.5) is 0 Å². The molecule has 104 valence electrons. The third kappa shape index (κ3) is 4.25. The highest BCUT2D eigenvalue weighted by molar-refractivity contribution is 7.99. The molecule has 0 bridgehead atoms. The van der Waals surface area contributed by atoms with Crippen molar-refractivity contribution in [2.24, 2.45) is 5.92 Å². The molecule has 0 saturated carbocycles. The topological polar surface area (TPSA) is 40.5 Å². The summed E-state index contributed by atoms with van der Waals surface area (Å²) >= 11 is 1.70. The van der Waals surface area contributed by atoms with Gasteiger partial charge in [-0.05, 0) is 24.5 Å². The summed E-state index contributed by atoms with van der Waals surface area (Å²) in [5, 5.41) is 9.80. The molecule has 2 unspecified atom stereocenters. The summed E-state index contributed by atoms with van der Waals surface area (Å²) in [5.41, 5.74) is 0. The highest BCUT2D eigenvalue weighted by atomic mass is 32.2. The van der Waals surface area contributed by atoms with Crippen molar-refractivity contribution in [2.45, 2.75) is 30.8 Å². The average molecular weight is 279 g/mol. The molecule has 0 aliphatic carbocycles. The van der Waals surface area contributed by atoms with E-state index in [1.165, 1.54) is 4.90 Å². The largest absolute Gasteiger partial charge is 0.391 e. The molecule has 1 amide bonds. The maximum Gasteiger partial charge on any atom is 0.223 e. The van der Waals surface area contributed by atoms with Gasteiger partial charge in [0.1, 0.15) is 0 Å². The third-order valence-electron chi connectivity index (χ3n) is 3.60. The molecule has 1 aliphatic rings. The van der Waals surface area contributed by atoms with Gasteiger partial charge in [-0.25, -0.2) is 0 Å². The van der Waals surface area contributed by atoms with Crippen LogP contribution in [0.1, 0.15) is 19.8 Å². The predicted octanol–water partition coefficient (Wildman–Crippen LogP) is 2.40. The van der Waals surface area contributed by atoms with E-state index in [0.717, 1.165) is 18.7 Å². The first-order chi connectivity index (χ1) is 9.16. The van der Waals surface area contributed by atoms with Crippen LogP contribution in [0.3, 0.4) is 0 Å². The molecule has 1 aliphatic heterocycles. The Morgan fingerprint density at radius 2 is 2.16 bits per heavy atom. The molecule has 2 atom stereocenters. The number of likely N-dealkylation sites (tertiary alicyclic amines) is 1. The van der Waals surface area contributed by atoms with E-state index >= 15 is 0 Å². The maximum atomic E-state index is 12.0. The van der Waals surface area contributed by atoms with Crippen LogP contribution in [0.2, 0.25) is 0 Å². The SMILES string of the molecule is CC1CCN(C(=O)CCSc2ccccc2)CC1O. The van der Waals surface area contributed by atoms with E-state index in [2.05, 4.69) is 12.1 Å². The van der Waals surface area contributed by atoms with Crippen molar-refractivity contribution >= 4 is 17.7 Å². The van der Waals surface area contributed by atoms with Gasteiger partial charge in [-0.2, -0.15) is 0 Å². The van der Waals surface area contributed by atoms with Gasteiger partial charge >= 0.3 is 0 Å². The van der Waals surface area contributed by atoms with Crippen LogP contribution >= 0.6 is 11.8 Å². The van der Waals surface area contributed by atoms with Crippen molar-refractivity contribution in [1.29, 1.82) is 0 Å². The smallest absolute Gasteiger partial charge is 0.223 e. The van der Waals surface area contributed by atoms with Crippen LogP contribution in [0.5, 0.6) is 0 Å². The predicted molar refractivity (Wildman–Crippen MR) is 78.2 cm³/mol. The molecule has 0 aromatic heterocycles. The van der Waals surface area contributed by atoms with E-state index in [1.54, 1.807) is 16.7 Å². The number of nitrogens with zero attached hydrogens (tertiary/aromatic N) is 1. The Morgan fingerprint density at radius 3 is 2.84 bits per heavy atom. The Balaban J connectivity index is 1.73. The Labute approximate surface area is 119 Å². The normalized spacial score (nSPS) is 23.4. The van der Waals surface area contributed by atoms with Gasteiger partial charge in [-0.1, -0.05) is 25.1 Å². The number of β-amino-alcohol motifs (C(OH)–C–C–N with tert-alkyl or cyclic N) is 1. The van der Waals surface area contributed by atoms with Crippen molar-refractivity contribution in [1.82, 2.24) is 4.90 Å². The Kier molecular flexibility index (Phi) is 5.28. The molecule has 3 nitrogen and oxygen atoms in total. The average Bonchev–Trinajstić information content (AvgIpc) is 2.43. The van der Waals surface area contributed by atoms with E-state index in [0.29, 0.717) is 18.9 Å². The molecule has 1 aromatic carbocycles. The molecule has 1 fully saturated rings. The minimum absolute atomic E-state index is 0.161. The number of benzene rings is 1. The molecule has 1 aromatic rings. The fraction of sp³-hybridized carbons (Fsp3) is 0.533. The first kappa shape index (κ1) is 14.4. The monoisotopic (exact) mass is 279 g/mol. The first-order valence-corrected chi connectivity index (χ1v) is 7.79. The Bertz CT molecular complexity index is 410. The number of aliphatic hydroxyl groups excluding tert-OH is 1. The first-order valence-electron chi connectivity index (χ1n) is 6.80. The van der Waals surface area contributed by atoms with Crippen LogP contribution in [0.15, 0.2) is 35.2 Å². The Hall–Kier alpha value is -1.00. The van der Waals surface area contributed by atoms with Gasteiger partial charge in [-0.3, -0.25) is 4.79 Å². The fourth-order valence-corrected chi connectivity index (χ4v) is 3.07. The summed E-state index contributed by atoms with van der Waals surface area (Å²) in [5.74, 6) is 1.27. The standard InChI is InChI=1S/C15H21NO2S/c1-12-7-9-16(11-14(12)17)15(18)8-10-19-13-5-3-2-4-6-13/h2-6,12,14,17H,7-11H2,1H3. The lowest BCUT2D eigenvalue weighted by atomic mass is 9.96. The van der Waals surface area contributed by atoms with Crippen molar-refractivity contribution in [2.75, 3.05) is 18.8 Å². The second kappa shape index (κ2) is 6.96. The third-order valence-corrected chi connectivity index (χ3v) is 4.61. The van der Waals surface area contributed by atoms with Gasteiger partial charge in [-0.15, -0.1) is 11.8 Å². The summed E-state index contributed by atoms with van der Waals surface area (Å²) in [7, 11) is 0. The van der Waals surface area contributed by atoms with Gasteiger partial charge in [0, 0.05) is 30.2 Å². The maximum absolute atomic E-state index is 12.0. The minimum Gasteiger partial charge on any atom is -0.391 e. The van der Waals surface area contributed by atoms with Crippen LogP contribution in [0.25, 0.3) is 0 Å². The zero-order valence-electron chi connectivity index (χ0n) is 11.3. The molecule has 2 rings (SSSR count).